The summed E-state index contributed by atoms with van der Waals surface area (Å²) in [6, 6.07) is 3.44. The molecule has 1 aliphatic carbocycles. The molecule has 0 spiro atoms. The summed E-state index contributed by atoms with van der Waals surface area (Å²) >= 11 is 13.0. The average molecular weight is 487 g/mol. The minimum atomic E-state index is -0.800. The predicted molar refractivity (Wildman–Crippen MR) is 126 cm³/mol. The second kappa shape index (κ2) is 8.29. The van der Waals surface area contributed by atoms with E-state index in [0.717, 1.165) is 17.7 Å². The fourth-order valence-corrected chi connectivity index (χ4v) is 5.34. The average Bonchev–Trinajstić information content (AvgIpc) is 3.35. The number of aliphatic hydroxyl groups excluding tert-OH is 1. The van der Waals surface area contributed by atoms with Crippen LogP contribution in [0.3, 0.4) is 0 Å². The molecule has 2 aliphatic heterocycles. The monoisotopic (exact) mass is 486 g/mol. The second-order valence-electron chi connectivity index (χ2n) is 8.80. The Morgan fingerprint density at radius 1 is 1.30 bits per heavy atom. The number of hydrogen-bond donors (Lipinski definition) is 3. The largest absolute Gasteiger partial charge is 0.394 e. The highest BCUT2D eigenvalue weighted by Crippen LogP contribution is 2.40. The smallest absolute Gasteiger partial charge is 0.254 e. The lowest BCUT2D eigenvalue weighted by Gasteiger charge is -2.39. The molecule has 1 aromatic carbocycles. The van der Waals surface area contributed by atoms with Gasteiger partial charge < -0.3 is 10.4 Å². The number of allylic oxidation sites excluding steroid dienone is 3. The van der Waals surface area contributed by atoms with Crippen molar-refractivity contribution in [1.29, 1.82) is 0 Å². The molecular weight excluding hydrogens is 463 g/mol. The van der Waals surface area contributed by atoms with Gasteiger partial charge in [0, 0.05) is 6.20 Å². The van der Waals surface area contributed by atoms with Crippen molar-refractivity contribution >= 4 is 29.1 Å². The molecule has 2 atom stereocenters. The molecule has 1 saturated carbocycles. The number of halogens is 2. The van der Waals surface area contributed by atoms with Gasteiger partial charge in [-0.15, -0.1) is 0 Å². The zero-order chi connectivity index (χ0) is 23.3. The molecule has 1 amide bonds. The first-order valence-electron chi connectivity index (χ1n) is 10.7. The fourth-order valence-electron chi connectivity index (χ4n) is 4.69. The van der Waals surface area contributed by atoms with Crippen LogP contribution in [-0.2, 0) is 0 Å². The van der Waals surface area contributed by atoms with E-state index in [9.17, 15) is 9.90 Å². The van der Waals surface area contributed by atoms with E-state index in [1.165, 1.54) is 5.57 Å². The number of aryl methyl sites for hydroxylation is 1. The summed E-state index contributed by atoms with van der Waals surface area (Å²) in [5, 5.41) is 20.1. The van der Waals surface area contributed by atoms with Gasteiger partial charge in [0.15, 0.2) is 0 Å². The molecule has 0 bridgehead atoms. The number of amides is 1. The highest BCUT2D eigenvalue weighted by molar-refractivity contribution is 6.40. The molecule has 3 N–H and O–H groups in total. The van der Waals surface area contributed by atoms with Gasteiger partial charge in [0.05, 0.1) is 45.2 Å². The Bertz CT molecular complexity index is 1210. The normalized spacial score (nSPS) is 24.0. The van der Waals surface area contributed by atoms with E-state index < -0.39 is 11.4 Å². The lowest BCUT2D eigenvalue weighted by molar-refractivity contribution is 0.0782. The fraction of sp³-hybridized carbons (Fsp3) is 0.348. The molecule has 3 heterocycles. The van der Waals surface area contributed by atoms with E-state index in [2.05, 4.69) is 39.2 Å². The van der Waals surface area contributed by atoms with Gasteiger partial charge >= 0.3 is 0 Å². The molecule has 5 rings (SSSR count). The van der Waals surface area contributed by atoms with Gasteiger partial charge in [-0.25, -0.2) is 15.1 Å². The van der Waals surface area contributed by atoms with Crippen LogP contribution in [-0.4, -0.2) is 49.0 Å². The molecular formula is C23H24Cl2N6O2. The van der Waals surface area contributed by atoms with Crippen LogP contribution in [0.2, 0.25) is 10.0 Å². The maximum absolute atomic E-state index is 13.3. The van der Waals surface area contributed by atoms with Crippen molar-refractivity contribution in [2.45, 2.75) is 44.7 Å². The quantitative estimate of drug-likeness (QED) is 0.612. The zero-order valence-corrected chi connectivity index (χ0v) is 19.8. The van der Waals surface area contributed by atoms with Crippen molar-refractivity contribution < 1.29 is 9.90 Å². The van der Waals surface area contributed by atoms with Gasteiger partial charge in [-0.3, -0.25) is 9.80 Å². The van der Waals surface area contributed by atoms with Crippen molar-refractivity contribution in [3.63, 3.8) is 0 Å². The minimum Gasteiger partial charge on any atom is -0.394 e. The van der Waals surface area contributed by atoms with Crippen molar-refractivity contribution in [1.82, 2.24) is 30.5 Å². The summed E-state index contributed by atoms with van der Waals surface area (Å²) in [7, 11) is 0. The Kier molecular flexibility index (Phi) is 5.56. The minimum absolute atomic E-state index is 0.175. The Morgan fingerprint density at radius 3 is 2.73 bits per heavy atom. The lowest BCUT2D eigenvalue weighted by Crippen LogP contribution is -2.55. The third-order valence-corrected chi connectivity index (χ3v) is 6.98. The summed E-state index contributed by atoms with van der Waals surface area (Å²) in [4.78, 5) is 17.4. The van der Waals surface area contributed by atoms with E-state index in [-0.39, 0.29) is 28.3 Å². The number of aliphatic hydroxyl groups is 1. The van der Waals surface area contributed by atoms with Gasteiger partial charge in [0.2, 0.25) is 0 Å². The molecule has 10 heteroatoms. The van der Waals surface area contributed by atoms with Crippen LogP contribution in [0.1, 0.15) is 42.4 Å². The number of fused-ring (bicyclic) bond motifs is 2. The number of hydrazine groups is 1. The number of carbonyl (C=O) groups is 1. The summed E-state index contributed by atoms with van der Waals surface area (Å²) < 4.78 is 1.55. The number of nitrogens with one attached hydrogen (secondary N) is 2. The number of nitrogens with zero attached hydrogens (tertiary/aromatic N) is 4. The zero-order valence-electron chi connectivity index (χ0n) is 18.3. The van der Waals surface area contributed by atoms with Crippen molar-refractivity contribution in [3.05, 3.63) is 75.1 Å². The second-order valence-corrected chi connectivity index (χ2v) is 9.61. The summed E-state index contributed by atoms with van der Waals surface area (Å²) in [5.74, 6) is 0.195. The van der Waals surface area contributed by atoms with Gasteiger partial charge in [-0.1, -0.05) is 29.3 Å². The third-order valence-electron chi connectivity index (χ3n) is 6.39. The van der Waals surface area contributed by atoms with Crippen LogP contribution in [0.4, 0.5) is 0 Å². The highest BCUT2D eigenvalue weighted by atomic mass is 35.5. The third kappa shape index (κ3) is 3.97. The van der Waals surface area contributed by atoms with E-state index >= 15 is 0 Å². The standard InChI is InChI=1S/C23H24Cl2N6O2/c1-13-3-4-20-16-9-23(11-32,6-5-19(16)29-30(20)10-13)27-22(33)21-17(24)7-15(8-18(21)25)31-12-26-14(2)28-31/h3-4,7-8,10,12,19,29,32H,5-6,9,11H2,1-2H3,(H,27,33). The summed E-state index contributed by atoms with van der Waals surface area (Å²) in [6.45, 7) is 3.63. The summed E-state index contributed by atoms with van der Waals surface area (Å²) in [6.07, 6.45) is 9.68. The van der Waals surface area contributed by atoms with Crippen LogP contribution < -0.4 is 10.7 Å². The molecule has 0 radical (unpaired) electrons. The van der Waals surface area contributed by atoms with Crippen molar-refractivity contribution in [2.24, 2.45) is 0 Å². The number of aromatic nitrogens is 3. The first-order chi connectivity index (χ1) is 15.8. The molecule has 2 aromatic rings. The van der Waals surface area contributed by atoms with Crippen LogP contribution in [0.15, 0.2) is 53.7 Å². The molecule has 33 heavy (non-hydrogen) atoms. The lowest BCUT2D eigenvalue weighted by atomic mass is 9.76. The van der Waals surface area contributed by atoms with Crippen LogP contribution >= 0.6 is 23.2 Å². The number of benzene rings is 1. The van der Waals surface area contributed by atoms with Gasteiger partial charge in [0.25, 0.3) is 5.91 Å². The maximum atomic E-state index is 13.3. The Labute approximate surface area is 201 Å². The molecule has 0 saturated heterocycles. The number of hydrogen-bond acceptors (Lipinski definition) is 6. The maximum Gasteiger partial charge on any atom is 0.254 e. The SMILES string of the molecule is CC1=CN2NC3CCC(CO)(NC(=O)c4c(Cl)cc(-n5cnc(C)n5)cc4Cl)CC3=C2C=C1. The van der Waals surface area contributed by atoms with Crippen LogP contribution in [0.25, 0.3) is 5.69 Å². The highest BCUT2D eigenvalue weighted by Gasteiger charge is 2.44. The van der Waals surface area contributed by atoms with E-state index in [4.69, 9.17) is 23.2 Å². The molecule has 2 unspecified atom stereocenters. The Hall–Kier alpha value is -2.65. The van der Waals surface area contributed by atoms with Gasteiger partial charge in [-0.05, 0) is 62.5 Å². The first-order valence-corrected chi connectivity index (χ1v) is 11.5. The molecule has 3 aliphatic rings. The molecule has 8 nitrogen and oxygen atoms in total. The Balaban J connectivity index is 1.41. The van der Waals surface area contributed by atoms with Crippen LogP contribution in [0, 0.1) is 6.92 Å². The number of rotatable bonds is 4. The van der Waals surface area contributed by atoms with E-state index in [0.29, 0.717) is 24.4 Å². The molecule has 172 valence electrons. The topological polar surface area (TPSA) is 95.3 Å². The molecule has 1 aromatic heterocycles. The van der Waals surface area contributed by atoms with Gasteiger partial charge in [-0.2, -0.15) is 5.10 Å². The first kappa shape index (κ1) is 22.2. The predicted octanol–water partition coefficient (Wildman–Crippen LogP) is 3.44. The summed E-state index contributed by atoms with van der Waals surface area (Å²) in [5.41, 5.74) is 6.87. The van der Waals surface area contributed by atoms with Gasteiger partial charge in [0.1, 0.15) is 12.2 Å². The number of carbonyl (C=O) groups excluding carboxylic acids is 1. The van der Waals surface area contributed by atoms with E-state index in [1.54, 1.807) is 30.1 Å². The Morgan fingerprint density at radius 2 is 2.06 bits per heavy atom. The van der Waals surface area contributed by atoms with E-state index in [1.807, 2.05) is 11.9 Å². The van der Waals surface area contributed by atoms with Crippen molar-refractivity contribution in [2.75, 3.05) is 6.61 Å². The van der Waals surface area contributed by atoms with Crippen molar-refractivity contribution in [3.8, 4) is 5.69 Å². The molecule has 1 fully saturated rings. The van der Waals surface area contributed by atoms with Crippen LogP contribution in [0.5, 0.6) is 0 Å².